The lowest BCUT2D eigenvalue weighted by molar-refractivity contribution is 0.249. The maximum Gasteiger partial charge on any atom is 0.246 e. The fraction of sp³-hybridized carbons (Fsp3) is 0.412. The number of nitrogens with zero attached hydrogens (tertiary/aromatic N) is 1. The summed E-state index contributed by atoms with van der Waals surface area (Å²) in [4.78, 5) is -0.353. The summed E-state index contributed by atoms with van der Waals surface area (Å²) in [5.74, 6) is -0.170. The monoisotopic (exact) mass is 389 g/mol. The van der Waals surface area contributed by atoms with Gasteiger partial charge in [0.15, 0.2) is 0 Å². The first-order valence-electron chi connectivity index (χ1n) is 7.86. The Morgan fingerprint density at radius 1 is 1.17 bits per heavy atom. The Labute approximate surface area is 151 Å². The summed E-state index contributed by atoms with van der Waals surface area (Å²) in [6.07, 6.45) is 8.44. The molecule has 7 heteroatoms. The highest BCUT2D eigenvalue weighted by Gasteiger charge is 2.33. The summed E-state index contributed by atoms with van der Waals surface area (Å²) in [7, 11) is -3.87. The van der Waals surface area contributed by atoms with Crippen molar-refractivity contribution in [3.8, 4) is 0 Å². The molecule has 1 unspecified atom stereocenters. The average Bonchev–Trinajstić information content (AvgIpc) is 2.57. The van der Waals surface area contributed by atoms with Gasteiger partial charge in [-0.1, -0.05) is 41.4 Å². The fourth-order valence-corrected chi connectivity index (χ4v) is 5.31. The van der Waals surface area contributed by atoms with Crippen molar-refractivity contribution in [2.75, 3.05) is 13.1 Å². The van der Waals surface area contributed by atoms with Gasteiger partial charge in [-0.05, 0) is 42.9 Å². The van der Waals surface area contributed by atoms with Crippen molar-refractivity contribution in [2.24, 2.45) is 11.8 Å². The number of allylic oxidation sites excluding steroid dienone is 4. The molecule has 0 radical (unpaired) electrons. The molecule has 1 heterocycles. The Morgan fingerprint density at radius 2 is 1.88 bits per heavy atom. The molecule has 0 spiro atoms. The van der Waals surface area contributed by atoms with Gasteiger partial charge in [-0.15, -0.1) is 0 Å². The van der Waals surface area contributed by atoms with Crippen LogP contribution < -0.4 is 0 Å². The zero-order valence-electron chi connectivity index (χ0n) is 13.0. The smallest absolute Gasteiger partial charge is 0.207 e. The van der Waals surface area contributed by atoms with E-state index in [2.05, 4.69) is 12.2 Å². The summed E-state index contributed by atoms with van der Waals surface area (Å²) in [6.45, 7) is 0.740. The Morgan fingerprint density at radius 3 is 2.54 bits per heavy atom. The standard InChI is InChI=1S/C17H18Cl2FNO2S/c18-14-3-1-2-13(10-14)12-6-8-21(9-7-12)24(22,23)17-11-15(19)4-5-16(17)20/h1-2,4-5,10-13H,3,6-9H2. The summed E-state index contributed by atoms with van der Waals surface area (Å²) in [5.41, 5.74) is 0. The third-order valence-corrected chi connectivity index (χ3v) is 7.03. The Kier molecular flexibility index (Phi) is 5.35. The summed E-state index contributed by atoms with van der Waals surface area (Å²) >= 11 is 11.9. The van der Waals surface area contributed by atoms with Crippen molar-refractivity contribution in [1.82, 2.24) is 4.31 Å². The molecule has 1 aliphatic heterocycles. The molecule has 1 aromatic carbocycles. The summed E-state index contributed by atoms with van der Waals surface area (Å²) < 4.78 is 40.6. The SMILES string of the molecule is O=S(=O)(c1cc(Cl)ccc1F)N1CCC(C2C=CCC(Cl)=C2)CC1. The van der Waals surface area contributed by atoms with Gasteiger partial charge in [0.2, 0.25) is 10.0 Å². The normalized spacial score (nSPS) is 23.3. The van der Waals surface area contributed by atoms with Gasteiger partial charge < -0.3 is 0 Å². The molecule has 1 aliphatic carbocycles. The molecule has 1 aromatic rings. The molecule has 3 nitrogen and oxygen atoms in total. The third kappa shape index (κ3) is 3.69. The van der Waals surface area contributed by atoms with Gasteiger partial charge in [-0.25, -0.2) is 12.8 Å². The van der Waals surface area contributed by atoms with Crippen molar-refractivity contribution in [3.05, 3.63) is 52.3 Å². The van der Waals surface area contributed by atoms with E-state index in [1.54, 1.807) is 0 Å². The van der Waals surface area contributed by atoms with Gasteiger partial charge in [0.25, 0.3) is 0 Å². The molecular formula is C17H18Cl2FNO2S. The maximum atomic E-state index is 13.9. The molecule has 0 N–H and O–H groups in total. The van der Waals surface area contributed by atoms with Crippen molar-refractivity contribution >= 4 is 33.2 Å². The first kappa shape index (κ1) is 17.9. The molecular weight excluding hydrogens is 372 g/mol. The van der Waals surface area contributed by atoms with E-state index in [1.165, 1.54) is 16.4 Å². The Hall–Kier alpha value is -0.880. The van der Waals surface area contributed by atoms with Crippen LogP contribution in [0.5, 0.6) is 0 Å². The highest BCUT2D eigenvalue weighted by atomic mass is 35.5. The van der Waals surface area contributed by atoms with Gasteiger partial charge in [0, 0.05) is 29.6 Å². The first-order chi connectivity index (χ1) is 11.4. The van der Waals surface area contributed by atoms with Crippen molar-refractivity contribution in [3.63, 3.8) is 0 Å². The Balaban J connectivity index is 1.73. The molecule has 1 fully saturated rings. The second-order valence-corrected chi connectivity index (χ2v) is 8.97. The predicted molar refractivity (Wildman–Crippen MR) is 94.1 cm³/mol. The minimum Gasteiger partial charge on any atom is -0.207 e. The second-order valence-electron chi connectivity index (χ2n) is 6.14. The zero-order valence-corrected chi connectivity index (χ0v) is 15.3. The van der Waals surface area contributed by atoms with E-state index in [0.717, 1.165) is 30.4 Å². The van der Waals surface area contributed by atoms with Crippen LogP contribution in [0.15, 0.2) is 46.4 Å². The lowest BCUT2D eigenvalue weighted by Crippen LogP contribution is -2.40. The largest absolute Gasteiger partial charge is 0.246 e. The topological polar surface area (TPSA) is 37.4 Å². The van der Waals surface area contributed by atoms with Crippen LogP contribution in [0, 0.1) is 17.7 Å². The minimum atomic E-state index is -3.87. The van der Waals surface area contributed by atoms with E-state index in [9.17, 15) is 12.8 Å². The van der Waals surface area contributed by atoms with Crippen LogP contribution in [-0.4, -0.2) is 25.8 Å². The van der Waals surface area contributed by atoms with Crippen LogP contribution in [0.4, 0.5) is 4.39 Å². The van der Waals surface area contributed by atoms with Crippen LogP contribution in [0.3, 0.4) is 0 Å². The minimum absolute atomic E-state index is 0.206. The molecule has 1 atom stereocenters. The number of hydrogen-bond acceptors (Lipinski definition) is 2. The van der Waals surface area contributed by atoms with Gasteiger partial charge in [0.05, 0.1) is 0 Å². The van der Waals surface area contributed by atoms with Crippen LogP contribution in [0.1, 0.15) is 19.3 Å². The molecule has 130 valence electrons. The highest BCUT2D eigenvalue weighted by molar-refractivity contribution is 7.89. The zero-order chi connectivity index (χ0) is 17.3. The van der Waals surface area contributed by atoms with E-state index >= 15 is 0 Å². The molecule has 0 amide bonds. The molecule has 1 saturated heterocycles. The first-order valence-corrected chi connectivity index (χ1v) is 10.1. The molecule has 0 saturated carbocycles. The van der Waals surface area contributed by atoms with Gasteiger partial charge in [-0.3, -0.25) is 0 Å². The molecule has 0 aromatic heterocycles. The number of halogens is 3. The van der Waals surface area contributed by atoms with Crippen molar-refractivity contribution in [1.29, 1.82) is 0 Å². The maximum absolute atomic E-state index is 13.9. The van der Waals surface area contributed by atoms with E-state index in [4.69, 9.17) is 23.2 Å². The van der Waals surface area contributed by atoms with Gasteiger partial charge in [0.1, 0.15) is 10.7 Å². The van der Waals surface area contributed by atoms with Gasteiger partial charge in [-0.2, -0.15) is 4.31 Å². The van der Waals surface area contributed by atoms with Crippen LogP contribution in [0.25, 0.3) is 0 Å². The van der Waals surface area contributed by atoms with Crippen molar-refractivity contribution in [2.45, 2.75) is 24.2 Å². The van der Waals surface area contributed by atoms with E-state index in [0.29, 0.717) is 19.0 Å². The number of benzene rings is 1. The molecule has 24 heavy (non-hydrogen) atoms. The van der Waals surface area contributed by atoms with E-state index in [-0.39, 0.29) is 15.8 Å². The number of sulfonamides is 1. The highest BCUT2D eigenvalue weighted by Crippen LogP contribution is 2.34. The molecule has 2 aliphatic rings. The average molecular weight is 390 g/mol. The van der Waals surface area contributed by atoms with Crippen LogP contribution in [-0.2, 0) is 10.0 Å². The molecule has 0 bridgehead atoms. The lowest BCUT2D eigenvalue weighted by atomic mass is 9.83. The van der Waals surface area contributed by atoms with Crippen molar-refractivity contribution < 1.29 is 12.8 Å². The Bertz CT molecular complexity index is 784. The van der Waals surface area contributed by atoms with Crippen LogP contribution >= 0.6 is 23.2 Å². The number of piperidine rings is 1. The van der Waals surface area contributed by atoms with Gasteiger partial charge >= 0.3 is 0 Å². The predicted octanol–water partition coefficient (Wildman–Crippen LogP) is 4.58. The fourth-order valence-electron chi connectivity index (χ4n) is 3.28. The molecule has 3 rings (SSSR count). The van der Waals surface area contributed by atoms with Crippen LogP contribution in [0.2, 0.25) is 5.02 Å². The third-order valence-electron chi connectivity index (χ3n) is 4.60. The quantitative estimate of drug-likeness (QED) is 0.709. The lowest BCUT2D eigenvalue weighted by Gasteiger charge is -2.34. The number of rotatable bonds is 3. The van der Waals surface area contributed by atoms with E-state index in [1.807, 2.05) is 6.08 Å². The van der Waals surface area contributed by atoms with E-state index < -0.39 is 15.8 Å². The number of hydrogen-bond donors (Lipinski definition) is 0. The summed E-state index contributed by atoms with van der Waals surface area (Å²) in [6, 6.07) is 3.60. The second kappa shape index (κ2) is 7.16. The summed E-state index contributed by atoms with van der Waals surface area (Å²) in [5, 5.41) is 1.04.